The van der Waals surface area contributed by atoms with Crippen molar-refractivity contribution in [1.29, 1.82) is 0 Å². The first-order chi connectivity index (χ1) is 44.7. The van der Waals surface area contributed by atoms with Crippen molar-refractivity contribution in [2.24, 2.45) is 20.8 Å². The van der Waals surface area contributed by atoms with Gasteiger partial charge in [0.1, 0.15) is 50.0 Å². The van der Waals surface area contributed by atoms with Crippen LogP contribution in [-0.4, -0.2) is 255 Å². The molecule has 526 valence electrons. The summed E-state index contributed by atoms with van der Waals surface area (Å²) in [6.45, 7) is 9.07. The van der Waals surface area contributed by atoms with Crippen LogP contribution >= 0.6 is 0 Å². The number of nitrogens with zero attached hydrogens (tertiary/aromatic N) is 2. The molecule has 0 radical (unpaired) electrons. The van der Waals surface area contributed by atoms with Crippen molar-refractivity contribution in [3.05, 3.63) is 59.7 Å². The Labute approximate surface area is 544 Å². The van der Waals surface area contributed by atoms with Crippen molar-refractivity contribution in [3.63, 3.8) is 0 Å². The second-order valence-electron chi connectivity index (χ2n) is 22.2. The number of nitrogens with one attached hydrogen (secondary N) is 12. The van der Waals surface area contributed by atoms with E-state index in [9.17, 15) is 65.4 Å². The molecule has 2 heterocycles. The molecule has 2 atom stereocenters. The second kappa shape index (κ2) is 41.1. The number of guanidine groups is 2. The summed E-state index contributed by atoms with van der Waals surface area (Å²) in [7, 11) is -8.55. The van der Waals surface area contributed by atoms with E-state index in [2.05, 4.69) is 63.2 Å². The van der Waals surface area contributed by atoms with Gasteiger partial charge >= 0.3 is 36.3 Å². The number of rotatable bonds is 43. The van der Waals surface area contributed by atoms with E-state index in [-0.39, 0.29) is 77.1 Å². The summed E-state index contributed by atoms with van der Waals surface area (Å²) in [5.41, 5.74) is -1.24. The number of aliphatic imine (C=N–C) groups is 2. The van der Waals surface area contributed by atoms with Gasteiger partial charge in [0.2, 0.25) is 20.0 Å². The number of carboxylic acids is 2. The molecule has 0 fully saturated rings. The van der Waals surface area contributed by atoms with E-state index in [4.69, 9.17) is 37.9 Å². The van der Waals surface area contributed by atoms with Crippen molar-refractivity contribution in [2.75, 3.05) is 156 Å². The van der Waals surface area contributed by atoms with Gasteiger partial charge in [-0.1, -0.05) is 27.7 Å². The Kier molecular flexibility index (Phi) is 34.0. The van der Waals surface area contributed by atoms with Crippen molar-refractivity contribution in [1.82, 2.24) is 62.6 Å². The van der Waals surface area contributed by atoms with Gasteiger partial charge in [0.05, 0.1) is 64.2 Å². The summed E-state index contributed by atoms with van der Waals surface area (Å²) < 4.78 is 97.3. The number of amides is 6. The van der Waals surface area contributed by atoms with Gasteiger partial charge in [0.25, 0.3) is 11.8 Å². The Morgan fingerprint density at radius 2 is 0.851 bits per heavy atom. The smallest absolute Gasteiger partial charge is 0.407 e. The molecule has 2 aromatic carbocycles. The maximum absolute atomic E-state index is 12.7. The number of carbonyl (C=O) groups is 8. The lowest BCUT2D eigenvalue weighted by Gasteiger charge is -2.24. The fraction of sp³-hybridized carbons (Fsp3) is 0.607. The van der Waals surface area contributed by atoms with Crippen LogP contribution in [0.3, 0.4) is 0 Å². The first-order valence-electron chi connectivity index (χ1n) is 30.0. The van der Waals surface area contributed by atoms with E-state index in [1.165, 1.54) is 24.3 Å². The monoisotopic (exact) mass is 1370 g/mol. The van der Waals surface area contributed by atoms with Crippen LogP contribution in [0.15, 0.2) is 58.5 Å². The minimum Gasteiger partial charge on any atom is -0.492 e. The highest BCUT2D eigenvalue weighted by atomic mass is 32.2. The number of carboxylic acid groups (broad SMARTS) is 2. The van der Waals surface area contributed by atoms with Crippen molar-refractivity contribution >= 4 is 80.1 Å². The molecule has 0 aliphatic carbocycles. The summed E-state index contributed by atoms with van der Waals surface area (Å²) in [4.78, 5) is 107. The predicted molar refractivity (Wildman–Crippen MR) is 338 cm³/mol. The highest BCUT2D eigenvalue weighted by Crippen LogP contribution is 2.17. The number of hydrogen-bond acceptors (Lipinski definition) is 26. The molecule has 0 saturated carbocycles. The van der Waals surface area contributed by atoms with E-state index >= 15 is 0 Å². The maximum atomic E-state index is 12.7. The normalized spacial score (nSPS) is 13.8. The maximum Gasteiger partial charge on any atom is 0.407 e. The minimum absolute atomic E-state index is 0.00766. The van der Waals surface area contributed by atoms with Crippen LogP contribution in [-0.2, 0) is 58.1 Å². The Balaban J connectivity index is 0.949. The van der Waals surface area contributed by atoms with Gasteiger partial charge in [-0.25, -0.2) is 36.0 Å². The molecular formula is C56H88N14O22S2. The van der Waals surface area contributed by atoms with E-state index in [1.807, 2.05) is 9.44 Å². The molecule has 4 rings (SSSR count). The standard InChI is InChI=1S/C56H88N14O22S2/c1-55(2,37-91-51(77)63-21-31-93(81,82)69-43(47(73)74)33-65-45(71)39-7-11-41(12-8-39)87-23-19-61-49-57-15-5-16-58-49)35-67-53(79)89-29-27-85-25-26-86-28-30-90-54(80)68-36-56(3,4)38-92-52(78)64-22-32-94(83,84)70-44(48(75)76)34-66-46(72)40-9-13-42(14-10-40)88-24-20-62-50-59-17-6-18-60-50/h7-14,43-44,69-70H,5-6,15-38H2,1-4H3,(H,63,77)(H,64,78)(H,65,71)(H,66,72)(H,67,79)(H,68,80)(H,73,74)(H,75,76)(H2,57,58,61)(H2,59,60,62)/t43-,44-/m0/s1. The third-order valence-corrected chi connectivity index (χ3v) is 15.5. The lowest BCUT2D eigenvalue weighted by Crippen LogP contribution is -2.49. The topological polar surface area (TPSA) is 488 Å². The van der Waals surface area contributed by atoms with E-state index in [0.717, 1.165) is 39.0 Å². The molecule has 0 saturated heterocycles. The molecule has 2 aliphatic rings. The lowest BCUT2D eigenvalue weighted by atomic mass is 9.95. The first kappa shape index (κ1) is 77.7. The Bertz CT molecular complexity index is 2850. The lowest BCUT2D eigenvalue weighted by molar-refractivity contribution is -0.139. The minimum atomic E-state index is -4.28. The van der Waals surface area contributed by atoms with Crippen molar-refractivity contribution in [2.45, 2.75) is 52.6 Å². The zero-order chi connectivity index (χ0) is 68.8. The number of ether oxygens (including phenoxy) is 8. The number of alkyl carbamates (subject to hydrolysis) is 4. The van der Waals surface area contributed by atoms with Crippen LogP contribution in [0.2, 0.25) is 0 Å². The zero-order valence-electron chi connectivity index (χ0n) is 52.9. The van der Waals surface area contributed by atoms with Gasteiger partial charge in [-0.2, -0.15) is 9.44 Å². The van der Waals surface area contributed by atoms with Crippen LogP contribution in [0.4, 0.5) is 19.2 Å². The second-order valence-corrected chi connectivity index (χ2v) is 26.0. The summed E-state index contributed by atoms with van der Waals surface area (Å²) in [6, 6.07) is 8.68. The molecular weight excluding hydrogens is 1280 g/mol. The zero-order valence-corrected chi connectivity index (χ0v) is 54.6. The molecule has 0 bridgehead atoms. The number of benzene rings is 2. The third kappa shape index (κ3) is 34.3. The van der Waals surface area contributed by atoms with E-state index < -0.39 is 129 Å². The molecule has 36 nitrogen and oxygen atoms in total. The molecule has 0 spiro atoms. The Morgan fingerprint density at radius 3 is 1.20 bits per heavy atom. The van der Waals surface area contributed by atoms with E-state index in [0.29, 0.717) is 49.7 Å². The van der Waals surface area contributed by atoms with Crippen LogP contribution < -0.4 is 72.1 Å². The van der Waals surface area contributed by atoms with Crippen LogP contribution in [0, 0.1) is 10.8 Å². The van der Waals surface area contributed by atoms with Gasteiger partial charge < -0.3 is 101 Å². The van der Waals surface area contributed by atoms with Gasteiger partial charge in [-0.3, -0.25) is 29.2 Å². The van der Waals surface area contributed by atoms with Crippen molar-refractivity contribution < 1.29 is 103 Å². The van der Waals surface area contributed by atoms with E-state index in [1.54, 1.807) is 52.0 Å². The van der Waals surface area contributed by atoms with Gasteiger partial charge in [-0.15, -0.1) is 0 Å². The third-order valence-electron chi connectivity index (χ3n) is 12.7. The molecule has 94 heavy (non-hydrogen) atoms. The largest absolute Gasteiger partial charge is 0.492 e. The average molecular weight is 1370 g/mol. The predicted octanol–water partition coefficient (Wildman–Crippen LogP) is -1.78. The molecule has 0 unspecified atom stereocenters. The van der Waals surface area contributed by atoms with Gasteiger partial charge in [-0.05, 0) is 61.4 Å². The van der Waals surface area contributed by atoms with Crippen LogP contribution in [0.1, 0.15) is 61.3 Å². The molecule has 14 N–H and O–H groups in total. The van der Waals surface area contributed by atoms with Crippen LogP contribution in [0.5, 0.6) is 11.5 Å². The summed E-state index contributed by atoms with van der Waals surface area (Å²) in [6.07, 6.45) is -1.58. The quantitative estimate of drug-likeness (QED) is 0.0258. The number of aliphatic carboxylic acids is 2. The number of sulfonamides is 2. The Hall–Kier alpha value is -8.72. The summed E-state index contributed by atoms with van der Waals surface area (Å²) in [5.74, 6) is -3.45. The highest BCUT2D eigenvalue weighted by molar-refractivity contribution is 7.89. The number of hydrogen-bond donors (Lipinski definition) is 14. The molecule has 2 aromatic rings. The van der Waals surface area contributed by atoms with Gasteiger partial charge in [0, 0.05) is 87.4 Å². The fourth-order valence-electron chi connectivity index (χ4n) is 7.62. The molecule has 2 aliphatic heterocycles. The fourth-order valence-corrected chi connectivity index (χ4v) is 9.83. The SMILES string of the molecule is CC(C)(CNC(=O)OCCOCCOCCOC(=O)NCC(C)(C)COC(=O)NCCS(=O)(=O)N[C@@H](CNC(=O)c1ccc(OCCNC2=NCCCN2)cc1)C(=O)O)COC(=O)NCCS(=O)(=O)N[C@@H](CNC(=O)c1ccc(OCCNC2=NCCCN2)cc1)C(=O)O. The van der Waals surface area contributed by atoms with Gasteiger partial charge in [0.15, 0.2) is 11.9 Å². The number of carbonyl (C=O) groups excluding carboxylic acids is 6. The van der Waals surface area contributed by atoms with Crippen LogP contribution in [0.25, 0.3) is 0 Å². The highest BCUT2D eigenvalue weighted by Gasteiger charge is 2.28. The molecule has 38 heteroatoms. The summed E-state index contributed by atoms with van der Waals surface area (Å²) >= 11 is 0. The van der Waals surface area contributed by atoms with Crippen molar-refractivity contribution in [3.8, 4) is 11.5 Å². The Morgan fingerprint density at radius 1 is 0.489 bits per heavy atom. The molecule has 6 amide bonds. The average Bonchev–Trinajstić information content (AvgIpc) is 1.19. The molecule has 0 aromatic heterocycles. The summed E-state index contributed by atoms with van der Waals surface area (Å²) in [5, 5.41) is 46.2. The first-order valence-corrected chi connectivity index (χ1v) is 33.3.